The largest absolute Gasteiger partial charge is 0.489 e. The Morgan fingerprint density at radius 1 is 1.41 bits per heavy atom. The van der Waals surface area contributed by atoms with Crippen molar-refractivity contribution in [1.82, 2.24) is 5.32 Å². The normalized spacial score (nSPS) is 30.5. The van der Waals surface area contributed by atoms with E-state index in [2.05, 4.69) is 5.32 Å². The number of rotatable bonds is 2. The second-order valence-electron chi connectivity index (χ2n) is 6.46. The average molecular weight is 343 g/mol. The van der Waals surface area contributed by atoms with Crippen LogP contribution in [-0.4, -0.2) is 18.1 Å². The van der Waals surface area contributed by atoms with Gasteiger partial charge in [0.15, 0.2) is 0 Å². The number of hydrogen-bond acceptors (Lipinski definition) is 3. The number of nitrogens with one attached hydrogen (secondary N) is 1. The average Bonchev–Trinajstić information content (AvgIpc) is 2.86. The van der Waals surface area contributed by atoms with Gasteiger partial charge in [0.2, 0.25) is 5.91 Å². The Labute approximate surface area is 140 Å². The fraction of sp³-hybridized carbons (Fsp3) is 0.562. The summed E-state index contributed by atoms with van der Waals surface area (Å²) in [4.78, 5) is 12.6. The first-order chi connectivity index (χ1) is 10.4. The van der Waals surface area contributed by atoms with Crippen LogP contribution in [0.3, 0.4) is 0 Å². The molecule has 1 amide bonds. The Morgan fingerprint density at radius 3 is 2.91 bits per heavy atom. The van der Waals surface area contributed by atoms with Crippen molar-refractivity contribution < 1.29 is 9.53 Å². The van der Waals surface area contributed by atoms with Crippen LogP contribution >= 0.6 is 23.2 Å². The predicted octanol–water partition coefficient (Wildman–Crippen LogP) is 3.45. The number of halogens is 2. The highest BCUT2D eigenvalue weighted by Gasteiger charge is 2.39. The lowest BCUT2D eigenvalue weighted by Gasteiger charge is -2.37. The van der Waals surface area contributed by atoms with E-state index in [1.165, 1.54) is 0 Å². The molecule has 1 heterocycles. The Hall–Kier alpha value is -0.970. The molecule has 3 atom stereocenters. The van der Waals surface area contributed by atoms with Gasteiger partial charge < -0.3 is 15.8 Å². The molecule has 6 heteroatoms. The van der Waals surface area contributed by atoms with E-state index in [0.717, 1.165) is 31.2 Å². The van der Waals surface area contributed by atoms with Crippen LogP contribution in [0.4, 0.5) is 0 Å². The molecule has 1 saturated carbocycles. The molecule has 3 rings (SSSR count). The van der Waals surface area contributed by atoms with Crippen molar-refractivity contribution in [3.05, 3.63) is 27.7 Å². The van der Waals surface area contributed by atoms with Crippen LogP contribution in [0.15, 0.2) is 12.1 Å². The van der Waals surface area contributed by atoms with Gasteiger partial charge >= 0.3 is 0 Å². The van der Waals surface area contributed by atoms with E-state index in [1.807, 2.05) is 13.0 Å². The molecular weight excluding hydrogens is 323 g/mol. The van der Waals surface area contributed by atoms with Crippen LogP contribution < -0.4 is 15.8 Å². The maximum absolute atomic E-state index is 12.6. The standard InChI is InChI=1S/C16H20Cl2N2O2/c1-16(19)7-3-2-4-10(16)15(21)20-12-8-22-14-9(12)5-6-11(17)13(14)18/h5-6,10,12H,2-4,7-8,19H2,1H3,(H,20,21). The van der Waals surface area contributed by atoms with Crippen LogP contribution in [0, 0.1) is 5.92 Å². The third-order valence-corrected chi connectivity index (χ3v) is 5.52. The Bertz CT molecular complexity index is 604. The van der Waals surface area contributed by atoms with Gasteiger partial charge in [-0.25, -0.2) is 0 Å². The topological polar surface area (TPSA) is 64.4 Å². The van der Waals surface area contributed by atoms with Crippen molar-refractivity contribution in [2.24, 2.45) is 11.7 Å². The minimum absolute atomic E-state index is 0.00257. The number of nitrogens with two attached hydrogens (primary N) is 1. The summed E-state index contributed by atoms with van der Waals surface area (Å²) in [7, 11) is 0. The first kappa shape index (κ1) is 15.9. The molecule has 0 bridgehead atoms. The SMILES string of the molecule is CC1(N)CCCCC1C(=O)NC1COc2c1ccc(Cl)c2Cl. The fourth-order valence-electron chi connectivity index (χ4n) is 3.41. The molecule has 1 aromatic rings. The number of carbonyl (C=O) groups excluding carboxylic acids is 1. The molecule has 1 aliphatic carbocycles. The van der Waals surface area contributed by atoms with E-state index >= 15 is 0 Å². The summed E-state index contributed by atoms with van der Waals surface area (Å²) < 4.78 is 5.60. The molecule has 0 radical (unpaired) electrons. The zero-order valence-corrected chi connectivity index (χ0v) is 14.0. The summed E-state index contributed by atoms with van der Waals surface area (Å²) in [5, 5.41) is 3.91. The van der Waals surface area contributed by atoms with Crippen molar-refractivity contribution in [2.45, 2.75) is 44.2 Å². The van der Waals surface area contributed by atoms with E-state index in [9.17, 15) is 4.79 Å². The zero-order valence-electron chi connectivity index (χ0n) is 12.5. The maximum atomic E-state index is 12.6. The third kappa shape index (κ3) is 2.80. The molecule has 0 aromatic heterocycles. The molecule has 4 nitrogen and oxygen atoms in total. The smallest absolute Gasteiger partial charge is 0.225 e. The number of benzene rings is 1. The summed E-state index contributed by atoms with van der Waals surface area (Å²) in [6.45, 7) is 2.33. The lowest BCUT2D eigenvalue weighted by molar-refractivity contribution is -0.129. The zero-order chi connectivity index (χ0) is 15.9. The number of amides is 1. The summed E-state index contributed by atoms with van der Waals surface area (Å²) in [5.74, 6) is 0.406. The number of ether oxygens (including phenoxy) is 1. The first-order valence-electron chi connectivity index (χ1n) is 7.60. The van der Waals surface area contributed by atoms with E-state index < -0.39 is 5.54 Å². The van der Waals surface area contributed by atoms with Crippen LogP contribution in [0.1, 0.15) is 44.2 Å². The molecule has 0 saturated heterocycles. The van der Waals surface area contributed by atoms with Crippen LogP contribution in [0.5, 0.6) is 5.75 Å². The molecule has 1 aliphatic heterocycles. The van der Waals surface area contributed by atoms with E-state index in [4.69, 9.17) is 33.7 Å². The van der Waals surface area contributed by atoms with Crippen molar-refractivity contribution in [3.8, 4) is 5.75 Å². The summed E-state index contributed by atoms with van der Waals surface area (Å²) in [5.41, 5.74) is 6.74. The molecule has 3 N–H and O–H groups in total. The van der Waals surface area contributed by atoms with Crippen molar-refractivity contribution >= 4 is 29.1 Å². The highest BCUT2D eigenvalue weighted by Crippen LogP contribution is 2.42. The lowest BCUT2D eigenvalue weighted by Crippen LogP contribution is -2.53. The van der Waals surface area contributed by atoms with Crippen LogP contribution in [0.2, 0.25) is 10.0 Å². The van der Waals surface area contributed by atoms with Gasteiger partial charge in [0.05, 0.1) is 17.0 Å². The molecule has 2 aliphatic rings. The maximum Gasteiger partial charge on any atom is 0.225 e. The van der Waals surface area contributed by atoms with Crippen molar-refractivity contribution in [2.75, 3.05) is 6.61 Å². The second kappa shape index (κ2) is 5.91. The second-order valence-corrected chi connectivity index (χ2v) is 7.24. The predicted molar refractivity (Wildman–Crippen MR) is 87.4 cm³/mol. The fourth-order valence-corrected chi connectivity index (χ4v) is 3.78. The Balaban J connectivity index is 1.76. The quantitative estimate of drug-likeness (QED) is 0.864. The third-order valence-electron chi connectivity index (χ3n) is 4.74. The van der Waals surface area contributed by atoms with Gasteiger partial charge in [-0.1, -0.05) is 42.1 Å². The highest BCUT2D eigenvalue weighted by atomic mass is 35.5. The van der Waals surface area contributed by atoms with E-state index in [-0.39, 0.29) is 17.9 Å². The van der Waals surface area contributed by atoms with Gasteiger partial charge in [-0.3, -0.25) is 4.79 Å². The van der Waals surface area contributed by atoms with E-state index in [0.29, 0.717) is 22.4 Å². The van der Waals surface area contributed by atoms with Crippen molar-refractivity contribution in [3.63, 3.8) is 0 Å². The summed E-state index contributed by atoms with van der Waals surface area (Å²) in [6, 6.07) is 3.38. The molecule has 3 unspecified atom stereocenters. The van der Waals surface area contributed by atoms with Gasteiger partial charge in [-0.2, -0.15) is 0 Å². The first-order valence-corrected chi connectivity index (χ1v) is 8.35. The summed E-state index contributed by atoms with van der Waals surface area (Å²) in [6.07, 6.45) is 3.84. The molecule has 0 spiro atoms. The van der Waals surface area contributed by atoms with Gasteiger partial charge in [-0.15, -0.1) is 0 Å². The molecule has 22 heavy (non-hydrogen) atoms. The Kier molecular flexibility index (Phi) is 4.27. The minimum atomic E-state index is -0.442. The number of carbonyl (C=O) groups is 1. The van der Waals surface area contributed by atoms with Crippen molar-refractivity contribution in [1.29, 1.82) is 0 Å². The van der Waals surface area contributed by atoms with Crippen LogP contribution in [-0.2, 0) is 4.79 Å². The highest BCUT2D eigenvalue weighted by molar-refractivity contribution is 6.43. The van der Waals surface area contributed by atoms with E-state index in [1.54, 1.807) is 6.07 Å². The van der Waals surface area contributed by atoms with Crippen LogP contribution in [0.25, 0.3) is 0 Å². The molecule has 120 valence electrons. The monoisotopic (exact) mass is 342 g/mol. The summed E-state index contributed by atoms with van der Waals surface area (Å²) >= 11 is 12.1. The van der Waals surface area contributed by atoms with Gasteiger partial charge in [-0.05, 0) is 25.8 Å². The van der Waals surface area contributed by atoms with Gasteiger partial charge in [0.1, 0.15) is 17.4 Å². The number of fused-ring (bicyclic) bond motifs is 1. The minimum Gasteiger partial charge on any atom is -0.489 e. The molecule has 1 fully saturated rings. The van der Waals surface area contributed by atoms with Gasteiger partial charge in [0.25, 0.3) is 0 Å². The van der Waals surface area contributed by atoms with Gasteiger partial charge in [0, 0.05) is 11.1 Å². The lowest BCUT2D eigenvalue weighted by atomic mass is 9.74. The molecular formula is C16H20Cl2N2O2. The number of hydrogen-bond donors (Lipinski definition) is 2. The molecule has 1 aromatic carbocycles. The Morgan fingerprint density at radius 2 is 2.18 bits per heavy atom.